The van der Waals surface area contributed by atoms with Gasteiger partial charge in [-0.25, -0.2) is 9.98 Å². The summed E-state index contributed by atoms with van der Waals surface area (Å²) in [4.78, 5) is 11.9. The second-order valence-corrected chi connectivity index (χ2v) is 1.87. The van der Waals surface area contributed by atoms with Crippen LogP contribution in [-0.2, 0) is 0 Å². The van der Waals surface area contributed by atoms with Gasteiger partial charge in [-0.2, -0.15) is 0 Å². The molecule has 0 radical (unpaired) electrons. The fraction of sp³-hybridized carbons (Fsp3) is 0.167. The third kappa shape index (κ3) is 0.998. The van der Waals surface area contributed by atoms with Crippen LogP contribution in [0.2, 0.25) is 0 Å². The van der Waals surface area contributed by atoms with Crippen molar-refractivity contribution in [1.29, 1.82) is 0 Å². The molecule has 0 aromatic carbocycles. The van der Waals surface area contributed by atoms with Crippen LogP contribution in [0.15, 0.2) is 26.9 Å². The van der Waals surface area contributed by atoms with Gasteiger partial charge in [-0.3, -0.25) is 4.99 Å². The van der Waals surface area contributed by atoms with Crippen molar-refractivity contribution < 1.29 is 0 Å². The molecule has 0 aromatic rings. The summed E-state index contributed by atoms with van der Waals surface area (Å²) in [5.41, 5.74) is 1.95. The lowest BCUT2D eigenvalue weighted by molar-refractivity contribution is 1.36. The Bertz CT molecular complexity index is 250. The molecule has 2 aliphatic heterocycles. The highest BCUT2D eigenvalue weighted by Crippen LogP contribution is 2.11. The molecule has 0 fully saturated rings. The monoisotopic (exact) mass is 155 g/mol. The second kappa shape index (κ2) is 2.75. The number of hydrogen-bond acceptors (Lipinski definition) is 3. The lowest BCUT2D eigenvalue weighted by Crippen LogP contribution is -2.01. The molecule has 0 amide bonds. The maximum Gasteiger partial charge on any atom is 0.116 e. The van der Waals surface area contributed by atoms with Crippen molar-refractivity contribution in [3.63, 3.8) is 0 Å². The number of rotatable bonds is 0. The molecule has 0 spiro atoms. The van der Waals surface area contributed by atoms with E-state index >= 15 is 0 Å². The van der Waals surface area contributed by atoms with Gasteiger partial charge in [0.25, 0.3) is 0 Å². The van der Waals surface area contributed by atoms with Crippen LogP contribution in [0.5, 0.6) is 0 Å². The van der Waals surface area contributed by atoms with E-state index in [2.05, 4.69) is 15.0 Å². The van der Waals surface area contributed by atoms with E-state index in [9.17, 15) is 0 Å². The van der Waals surface area contributed by atoms with Crippen molar-refractivity contribution in [3.05, 3.63) is 11.9 Å². The van der Waals surface area contributed by atoms with Crippen molar-refractivity contribution in [2.45, 2.75) is 6.42 Å². The number of allylic oxidation sites excluding steroid dienone is 1. The minimum atomic E-state index is 0. The van der Waals surface area contributed by atoms with Crippen molar-refractivity contribution in [2.75, 3.05) is 0 Å². The Hall–Kier alpha value is -0.960. The molecule has 0 saturated carbocycles. The summed E-state index contributed by atoms with van der Waals surface area (Å²) in [5, 5.41) is 0. The SMILES string of the molecule is C1=NC=C2N=CN=C2C1.Cl. The van der Waals surface area contributed by atoms with Gasteiger partial charge in [0.15, 0.2) is 0 Å². The molecule has 0 aromatic heterocycles. The predicted molar refractivity (Wildman–Crippen MR) is 44.4 cm³/mol. The zero-order valence-electron chi connectivity index (χ0n) is 5.19. The van der Waals surface area contributed by atoms with E-state index in [-0.39, 0.29) is 12.4 Å². The first-order chi connectivity index (χ1) is 4.47. The topological polar surface area (TPSA) is 37.1 Å². The molecule has 0 bridgehead atoms. The van der Waals surface area contributed by atoms with Gasteiger partial charge in [0.2, 0.25) is 0 Å². The van der Waals surface area contributed by atoms with Crippen molar-refractivity contribution in [2.24, 2.45) is 15.0 Å². The highest BCUT2D eigenvalue weighted by atomic mass is 35.5. The molecule has 0 unspecified atom stereocenters. The Morgan fingerprint density at radius 3 is 3.10 bits per heavy atom. The van der Waals surface area contributed by atoms with Gasteiger partial charge in [0.05, 0.1) is 11.9 Å². The summed E-state index contributed by atoms with van der Waals surface area (Å²) in [6.45, 7) is 0. The summed E-state index contributed by atoms with van der Waals surface area (Å²) < 4.78 is 0. The van der Waals surface area contributed by atoms with Gasteiger partial charge in [0, 0.05) is 12.6 Å². The average Bonchev–Trinajstić information content (AvgIpc) is 2.33. The Kier molecular flexibility index (Phi) is 1.97. The lowest BCUT2D eigenvalue weighted by atomic mass is 10.2. The smallest absolute Gasteiger partial charge is 0.116 e. The molecule has 0 aliphatic carbocycles. The second-order valence-electron chi connectivity index (χ2n) is 1.87. The van der Waals surface area contributed by atoms with E-state index in [1.165, 1.54) is 0 Å². The molecule has 3 nitrogen and oxygen atoms in total. The van der Waals surface area contributed by atoms with E-state index in [1.807, 2.05) is 6.21 Å². The quantitative estimate of drug-likeness (QED) is 0.504. The molecule has 0 atom stereocenters. The van der Waals surface area contributed by atoms with Gasteiger partial charge in [0.1, 0.15) is 12.0 Å². The first-order valence-corrected chi connectivity index (χ1v) is 2.78. The Morgan fingerprint density at radius 2 is 2.30 bits per heavy atom. The molecule has 10 heavy (non-hydrogen) atoms. The first kappa shape index (κ1) is 7.15. The molecule has 2 rings (SSSR count). The maximum absolute atomic E-state index is 4.02. The number of halogens is 1. The molecule has 2 heterocycles. The van der Waals surface area contributed by atoms with E-state index in [0.717, 1.165) is 17.8 Å². The molecule has 2 aliphatic rings. The van der Waals surface area contributed by atoms with Crippen LogP contribution in [0, 0.1) is 0 Å². The van der Waals surface area contributed by atoms with Gasteiger partial charge in [-0.15, -0.1) is 12.4 Å². The van der Waals surface area contributed by atoms with Crippen LogP contribution in [0.3, 0.4) is 0 Å². The summed E-state index contributed by atoms with van der Waals surface area (Å²) in [5.74, 6) is 0. The molecule has 4 heteroatoms. The van der Waals surface area contributed by atoms with E-state index in [4.69, 9.17) is 0 Å². The number of aliphatic imine (C=N–C) groups is 3. The summed E-state index contributed by atoms with van der Waals surface area (Å²) >= 11 is 0. The van der Waals surface area contributed by atoms with Crippen LogP contribution >= 0.6 is 12.4 Å². The van der Waals surface area contributed by atoms with Crippen molar-refractivity contribution in [1.82, 2.24) is 0 Å². The summed E-state index contributed by atoms with van der Waals surface area (Å²) in [6.07, 6.45) is 5.95. The number of fused-ring (bicyclic) bond motifs is 1. The number of hydrogen-bond donors (Lipinski definition) is 0. The van der Waals surface area contributed by atoms with Gasteiger partial charge in [-0.1, -0.05) is 0 Å². The van der Waals surface area contributed by atoms with Gasteiger partial charge in [-0.05, 0) is 0 Å². The van der Waals surface area contributed by atoms with Crippen molar-refractivity contribution >= 4 is 30.7 Å². The van der Waals surface area contributed by atoms with E-state index < -0.39 is 0 Å². The van der Waals surface area contributed by atoms with Crippen LogP contribution in [-0.4, -0.2) is 18.3 Å². The third-order valence-electron chi connectivity index (χ3n) is 1.29. The average molecular weight is 156 g/mol. The normalized spacial score (nSPS) is 19.2. The minimum absolute atomic E-state index is 0. The fourth-order valence-electron chi connectivity index (χ4n) is 0.829. The molecular formula is C6H6ClN3. The highest BCUT2D eigenvalue weighted by Gasteiger charge is 2.10. The molecule has 0 N–H and O–H groups in total. The standard InChI is InChI=1S/C6H5N3.ClH/c1-2-7-3-6-5(1)8-4-9-6;/h2-4H,1H2;1H. The molecule has 52 valence electrons. The van der Waals surface area contributed by atoms with E-state index in [1.54, 1.807) is 12.5 Å². The van der Waals surface area contributed by atoms with Crippen LogP contribution in [0.25, 0.3) is 0 Å². The van der Waals surface area contributed by atoms with Crippen LogP contribution < -0.4 is 0 Å². The minimum Gasteiger partial charge on any atom is -0.266 e. The zero-order valence-corrected chi connectivity index (χ0v) is 6.01. The zero-order chi connectivity index (χ0) is 6.10. The summed E-state index contributed by atoms with van der Waals surface area (Å²) in [6, 6.07) is 0. The largest absolute Gasteiger partial charge is 0.266 e. The Morgan fingerprint density at radius 1 is 1.40 bits per heavy atom. The molecule has 0 saturated heterocycles. The van der Waals surface area contributed by atoms with Crippen LogP contribution in [0.4, 0.5) is 0 Å². The predicted octanol–water partition coefficient (Wildman–Crippen LogP) is 1.21. The first-order valence-electron chi connectivity index (χ1n) is 2.78. The Balaban J connectivity index is 0.000000500. The fourth-order valence-corrected chi connectivity index (χ4v) is 0.829. The lowest BCUT2D eigenvalue weighted by Gasteiger charge is -1.98. The summed E-state index contributed by atoms with van der Waals surface area (Å²) in [7, 11) is 0. The molecular weight excluding hydrogens is 150 g/mol. The van der Waals surface area contributed by atoms with Gasteiger partial charge < -0.3 is 0 Å². The van der Waals surface area contributed by atoms with E-state index in [0.29, 0.717) is 0 Å². The van der Waals surface area contributed by atoms with Crippen LogP contribution in [0.1, 0.15) is 6.42 Å². The van der Waals surface area contributed by atoms with Gasteiger partial charge >= 0.3 is 0 Å². The Labute approximate surface area is 64.7 Å². The third-order valence-corrected chi connectivity index (χ3v) is 1.29. The van der Waals surface area contributed by atoms with Crippen molar-refractivity contribution in [3.8, 4) is 0 Å². The maximum atomic E-state index is 4.02. The number of nitrogens with zero attached hydrogens (tertiary/aromatic N) is 3. The highest BCUT2D eigenvalue weighted by molar-refractivity contribution is 6.13.